The third-order valence-electron chi connectivity index (χ3n) is 2.28. The Morgan fingerprint density at radius 2 is 2.08 bits per heavy atom. The van der Waals surface area contributed by atoms with Crippen LogP contribution in [-0.4, -0.2) is 5.26 Å². The van der Waals surface area contributed by atoms with E-state index in [4.69, 9.17) is 5.26 Å². The zero-order valence-corrected chi connectivity index (χ0v) is 7.92. The van der Waals surface area contributed by atoms with E-state index in [-0.39, 0.29) is 0 Å². The predicted octanol–water partition coefficient (Wildman–Crippen LogP) is 3.13. The summed E-state index contributed by atoms with van der Waals surface area (Å²) < 4.78 is 0. The Morgan fingerprint density at radius 3 is 2.58 bits per heavy atom. The first-order valence-electron chi connectivity index (χ1n) is 4.36. The van der Waals surface area contributed by atoms with E-state index in [9.17, 15) is 0 Å². The minimum atomic E-state index is 0.455. The standard InChI is InChI=1S/C10H16O2/c1-7(2)9-5-4-8(3)6-10(9)12-11/h6-7,11H,4-5H2,1-3H3. The Bertz CT molecular complexity index is 224. The third kappa shape index (κ3) is 1.89. The monoisotopic (exact) mass is 168 g/mol. The van der Waals surface area contributed by atoms with Crippen LogP contribution in [0, 0.1) is 5.92 Å². The molecule has 0 amide bonds. The lowest BCUT2D eigenvalue weighted by Gasteiger charge is -2.18. The van der Waals surface area contributed by atoms with Gasteiger partial charge in [0, 0.05) is 0 Å². The maximum Gasteiger partial charge on any atom is 0.164 e. The summed E-state index contributed by atoms with van der Waals surface area (Å²) >= 11 is 0. The number of hydrogen-bond acceptors (Lipinski definition) is 2. The molecule has 12 heavy (non-hydrogen) atoms. The molecule has 0 heterocycles. The van der Waals surface area contributed by atoms with Crippen molar-refractivity contribution in [1.29, 1.82) is 0 Å². The summed E-state index contributed by atoms with van der Waals surface area (Å²) in [6.45, 7) is 6.28. The topological polar surface area (TPSA) is 29.5 Å². The Morgan fingerprint density at radius 1 is 1.42 bits per heavy atom. The molecular weight excluding hydrogens is 152 g/mol. The average Bonchev–Trinajstić information content (AvgIpc) is 2.03. The molecule has 0 fully saturated rings. The summed E-state index contributed by atoms with van der Waals surface area (Å²) in [6.07, 6.45) is 4.01. The van der Waals surface area contributed by atoms with Crippen LogP contribution in [0.3, 0.4) is 0 Å². The molecule has 0 spiro atoms. The van der Waals surface area contributed by atoms with Crippen LogP contribution in [-0.2, 0) is 4.89 Å². The second kappa shape index (κ2) is 3.76. The highest BCUT2D eigenvalue weighted by Gasteiger charge is 2.15. The Balaban J connectivity index is 2.91. The smallest absolute Gasteiger partial charge is 0.164 e. The molecular formula is C10H16O2. The van der Waals surface area contributed by atoms with E-state index < -0.39 is 0 Å². The fraction of sp³-hybridized carbons (Fsp3) is 0.600. The van der Waals surface area contributed by atoms with E-state index in [1.807, 2.05) is 6.08 Å². The quantitative estimate of drug-likeness (QED) is 0.507. The molecule has 2 nitrogen and oxygen atoms in total. The fourth-order valence-corrected chi connectivity index (χ4v) is 1.50. The van der Waals surface area contributed by atoms with Crippen molar-refractivity contribution in [3.63, 3.8) is 0 Å². The maximum absolute atomic E-state index is 8.63. The number of rotatable bonds is 2. The summed E-state index contributed by atoms with van der Waals surface area (Å²) in [4.78, 5) is 4.34. The van der Waals surface area contributed by atoms with Gasteiger partial charge in [0.05, 0.1) is 0 Å². The summed E-state index contributed by atoms with van der Waals surface area (Å²) in [7, 11) is 0. The molecule has 1 rings (SSSR count). The number of allylic oxidation sites excluding steroid dienone is 3. The highest BCUT2D eigenvalue weighted by molar-refractivity contribution is 5.29. The van der Waals surface area contributed by atoms with Crippen LogP contribution < -0.4 is 0 Å². The molecule has 0 aliphatic heterocycles. The molecule has 0 saturated carbocycles. The van der Waals surface area contributed by atoms with Gasteiger partial charge < -0.3 is 4.89 Å². The van der Waals surface area contributed by atoms with Crippen molar-refractivity contribution in [2.75, 3.05) is 0 Å². The van der Waals surface area contributed by atoms with Crippen LogP contribution in [0.2, 0.25) is 0 Å². The zero-order chi connectivity index (χ0) is 9.14. The molecule has 2 heteroatoms. The van der Waals surface area contributed by atoms with E-state index in [1.54, 1.807) is 0 Å². The maximum atomic E-state index is 8.63. The SMILES string of the molecule is CC1=CC(OO)=C(C(C)C)CC1. The van der Waals surface area contributed by atoms with Crippen LogP contribution in [0.4, 0.5) is 0 Å². The van der Waals surface area contributed by atoms with Gasteiger partial charge in [-0.05, 0) is 37.3 Å². The summed E-state index contributed by atoms with van der Waals surface area (Å²) in [6, 6.07) is 0. The first kappa shape index (κ1) is 9.33. The second-order valence-electron chi connectivity index (χ2n) is 3.63. The summed E-state index contributed by atoms with van der Waals surface area (Å²) in [5.74, 6) is 1.10. The van der Waals surface area contributed by atoms with Crippen molar-refractivity contribution in [1.82, 2.24) is 0 Å². The molecule has 1 aliphatic carbocycles. The number of hydrogen-bond donors (Lipinski definition) is 1. The van der Waals surface area contributed by atoms with E-state index in [0.717, 1.165) is 12.8 Å². The van der Waals surface area contributed by atoms with Gasteiger partial charge in [-0.25, -0.2) is 5.26 Å². The van der Waals surface area contributed by atoms with Gasteiger partial charge in [-0.2, -0.15) is 0 Å². The van der Waals surface area contributed by atoms with Crippen molar-refractivity contribution in [2.45, 2.75) is 33.6 Å². The van der Waals surface area contributed by atoms with Crippen LogP contribution in [0.5, 0.6) is 0 Å². The lowest BCUT2D eigenvalue weighted by atomic mass is 9.90. The molecule has 1 N–H and O–H groups in total. The first-order chi connectivity index (χ1) is 5.65. The fourth-order valence-electron chi connectivity index (χ4n) is 1.50. The first-order valence-corrected chi connectivity index (χ1v) is 4.36. The van der Waals surface area contributed by atoms with Gasteiger partial charge in [0.25, 0.3) is 0 Å². The molecule has 0 atom stereocenters. The second-order valence-corrected chi connectivity index (χ2v) is 3.63. The molecule has 68 valence electrons. The van der Waals surface area contributed by atoms with E-state index in [2.05, 4.69) is 25.7 Å². The van der Waals surface area contributed by atoms with Gasteiger partial charge in [-0.3, -0.25) is 0 Å². The lowest BCUT2D eigenvalue weighted by molar-refractivity contribution is -0.200. The summed E-state index contributed by atoms with van der Waals surface area (Å²) in [5, 5.41) is 8.63. The normalized spacial score (nSPS) is 18.2. The van der Waals surface area contributed by atoms with E-state index in [0.29, 0.717) is 11.7 Å². The van der Waals surface area contributed by atoms with Gasteiger partial charge in [0.15, 0.2) is 5.76 Å². The molecule has 0 aromatic carbocycles. The Kier molecular flexibility index (Phi) is 2.93. The van der Waals surface area contributed by atoms with Gasteiger partial charge in [-0.1, -0.05) is 19.4 Å². The van der Waals surface area contributed by atoms with Crippen molar-refractivity contribution < 1.29 is 10.1 Å². The van der Waals surface area contributed by atoms with Crippen LogP contribution in [0.1, 0.15) is 33.6 Å². The minimum Gasteiger partial charge on any atom is -0.340 e. The molecule has 0 aromatic rings. The van der Waals surface area contributed by atoms with Gasteiger partial charge in [0.2, 0.25) is 0 Å². The van der Waals surface area contributed by atoms with E-state index in [1.165, 1.54) is 11.1 Å². The van der Waals surface area contributed by atoms with Gasteiger partial charge >= 0.3 is 0 Å². The van der Waals surface area contributed by atoms with Gasteiger partial charge in [0.1, 0.15) is 0 Å². The molecule has 0 unspecified atom stereocenters. The van der Waals surface area contributed by atoms with Crippen molar-refractivity contribution in [3.8, 4) is 0 Å². The minimum absolute atomic E-state index is 0.455. The highest BCUT2D eigenvalue weighted by atomic mass is 17.1. The van der Waals surface area contributed by atoms with Crippen molar-refractivity contribution in [3.05, 3.63) is 23.0 Å². The molecule has 1 aliphatic rings. The molecule has 0 radical (unpaired) electrons. The van der Waals surface area contributed by atoms with Crippen molar-refractivity contribution in [2.24, 2.45) is 5.92 Å². The average molecular weight is 168 g/mol. The van der Waals surface area contributed by atoms with E-state index >= 15 is 0 Å². The third-order valence-corrected chi connectivity index (χ3v) is 2.28. The molecule has 0 saturated heterocycles. The molecule has 0 bridgehead atoms. The summed E-state index contributed by atoms with van der Waals surface area (Å²) in [5.41, 5.74) is 2.48. The van der Waals surface area contributed by atoms with Gasteiger partial charge in [-0.15, -0.1) is 0 Å². The molecule has 0 aromatic heterocycles. The Labute approximate surface area is 73.5 Å². The highest BCUT2D eigenvalue weighted by Crippen LogP contribution is 2.28. The zero-order valence-electron chi connectivity index (χ0n) is 7.92. The Hall–Kier alpha value is -0.760. The van der Waals surface area contributed by atoms with Crippen LogP contribution in [0.15, 0.2) is 23.0 Å². The largest absolute Gasteiger partial charge is 0.340 e. The predicted molar refractivity (Wildman–Crippen MR) is 48.6 cm³/mol. The van der Waals surface area contributed by atoms with Crippen LogP contribution in [0.25, 0.3) is 0 Å². The lowest BCUT2D eigenvalue weighted by Crippen LogP contribution is -2.05. The van der Waals surface area contributed by atoms with Crippen molar-refractivity contribution >= 4 is 0 Å². The van der Waals surface area contributed by atoms with Crippen LogP contribution >= 0.6 is 0 Å².